The van der Waals surface area contributed by atoms with Crippen molar-refractivity contribution in [2.24, 2.45) is 0 Å². The number of hydrogen-bond acceptors (Lipinski definition) is 4. The van der Waals surface area contributed by atoms with Crippen LogP contribution in [0.5, 0.6) is 0 Å². The zero-order chi connectivity index (χ0) is 12.3. The molecule has 0 saturated carbocycles. The Bertz CT molecular complexity index is 485. The summed E-state index contributed by atoms with van der Waals surface area (Å²) in [6.07, 6.45) is 4.01. The molecule has 1 N–H and O–H groups in total. The summed E-state index contributed by atoms with van der Waals surface area (Å²) in [5.41, 5.74) is 2.42. The van der Waals surface area contributed by atoms with Crippen LogP contribution in [0, 0.1) is 0 Å². The molecule has 0 aliphatic carbocycles. The molecular formula is C13H15N3O. The highest BCUT2D eigenvalue weighted by Crippen LogP contribution is 2.23. The molecule has 0 saturated heterocycles. The second kappa shape index (κ2) is 4.93. The van der Waals surface area contributed by atoms with Crippen molar-refractivity contribution in [2.45, 2.75) is 6.10 Å². The van der Waals surface area contributed by atoms with E-state index in [1.165, 1.54) is 0 Å². The first-order valence-electron chi connectivity index (χ1n) is 5.40. The quantitative estimate of drug-likeness (QED) is 0.869. The van der Waals surface area contributed by atoms with Crippen molar-refractivity contribution in [1.29, 1.82) is 0 Å². The van der Waals surface area contributed by atoms with Gasteiger partial charge in [-0.3, -0.25) is 9.97 Å². The smallest absolute Gasteiger partial charge is 0.123 e. The average Bonchev–Trinajstić information content (AvgIpc) is 2.39. The first-order valence-corrected chi connectivity index (χ1v) is 5.40. The molecule has 17 heavy (non-hydrogen) atoms. The van der Waals surface area contributed by atoms with Crippen LogP contribution in [0.2, 0.25) is 0 Å². The number of rotatable bonds is 3. The third-order valence-corrected chi connectivity index (χ3v) is 2.57. The van der Waals surface area contributed by atoms with E-state index in [9.17, 15) is 5.11 Å². The SMILES string of the molecule is CN(C)c1cccc(C(O)c2cnccn2)c1. The molecular weight excluding hydrogens is 214 g/mol. The molecule has 0 radical (unpaired) electrons. The number of nitrogens with zero attached hydrogens (tertiary/aromatic N) is 3. The molecule has 4 heteroatoms. The number of aliphatic hydroxyl groups excluding tert-OH is 1. The van der Waals surface area contributed by atoms with Gasteiger partial charge in [0.05, 0.1) is 11.9 Å². The maximum Gasteiger partial charge on any atom is 0.123 e. The first-order chi connectivity index (χ1) is 8.18. The summed E-state index contributed by atoms with van der Waals surface area (Å²) in [4.78, 5) is 10.1. The molecule has 2 aromatic rings. The average molecular weight is 229 g/mol. The molecule has 1 aromatic heterocycles. The molecule has 0 bridgehead atoms. The fourth-order valence-electron chi connectivity index (χ4n) is 1.60. The van der Waals surface area contributed by atoms with Crippen LogP contribution in [0.15, 0.2) is 42.9 Å². The Kier molecular flexibility index (Phi) is 3.35. The molecule has 0 fully saturated rings. The molecule has 1 atom stereocenters. The number of hydrogen-bond donors (Lipinski definition) is 1. The van der Waals surface area contributed by atoms with Gasteiger partial charge in [0.1, 0.15) is 6.10 Å². The van der Waals surface area contributed by atoms with Crippen molar-refractivity contribution in [3.05, 3.63) is 54.1 Å². The maximum absolute atomic E-state index is 10.2. The van der Waals surface area contributed by atoms with Crippen LogP contribution in [-0.4, -0.2) is 29.2 Å². The third kappa shape index (κ3) is 2.60. The van der Waals surface area contributed by atoms with Crippen LogP contribution in [0.4, 0.5) is 5.69 Å². The van der Waals surface area contributed by atoms with Gasteiger partial charge in [0.15, 0.2) is 0 Å². The van der Waals surface area contributed by atoms with E-state index in [0.717, 1.165) is 11.3 Å². The van der Waals surface area contributed by atoms with Crippen molar-refractivity contribution < 1.29 is 5.11 Å². The lowest BCUT2D eigenvalue weighted by Gasteiger charge is -2.16. The van der Waals surface area contributed by atoms with Gasteiger partial charge in [-0.15, -0.1) is 0 Å². The van der Waals surface area contributed by atoms with Crippen LogP contribution >= 0.6 is 0 Å². The predicted octanol–water partition coefficient (Wildman–Crippen LogP) is 1.62. The highest BCUT2D eigenvalue weighted by atomic mass is 16.3. The molecule has 0 aliphatic rings. The Morgan fingerprint density at radius 2 is 2.06 bits per heavy atom. The summed E-state index contributed by atoms with van der Waals surface area (Å²) >= 11 is 0. The third-order valence-electron chi connectivity index (χ3n) is 2.57. The van der Waals surface area contributed by atoms with Crippen molar-refractivity contribution in [1.82, 2.24) is 9.97 Å². The van der Waals surface area contributed by atoms with Crippen molar-refractivity contribution in [2.75, 3.05) is 19.0 Å². The summed E-state index contributed by atoms with van der Waals surface area (Å²) in [5, 5.41) is 10.2. The van der Waals surface area contributed by atoms with Crippen molar-refractivity contribution >= 4 is 5.69 Å². The van der Waals surface area contributed by atoms with E-state index in [1.54, 1.807) is 18.6 Å². The monoisotopic (exact) mass is 229 g/mol. The van der Waals surface area contributed by atoms with Crippen LogP contribution < -0.4 is 4.90 Å². The summed E-state index contributed by atoms with van der Waals surface area (Å²) in [5.74, 6) is 0. The Hall–Kier alpha value is -1.94. The molecule has 0 amide bonds. The number of benzene rings is 1. The molecule has 4 nitrogen and oxygen atoms in total. The minimum absolute atomic E-state index is 0.559. The van der Waals surface area contributed by atoms with Crippen molar-refractivity contribution in [3.8, 4) is 0 Å². The van der Waals surface area contributed by atoms with E-state index in [1.807, 2.05) is 43.3 Å². The van der Waals surface area contributed by atoms with Gasteiger partial charge in [-0.05, 0) is 17.7 Å². The van der Waals surface area contributed by atoms with Crippen molar-refractivity contribution in [3.63, 3.8) is 0 Å². The number of anilines is 1. The summed E-state index contributed by atoms with van der Waals surface area (Å²) in [7, 11) is 3.93. The van der Waals surface area contributed by atoms with E-state index >= 15 is 0 Å². The topological polar surface area (TPSA) is 49.2 Å². The van der Waals surface area contributed by atoms with Crippen LogP contribution in [0.1, 0.15) is 17.4 Å². The second-order valence-corrected chi connectivity index (χ2v) is 4.02. The normalized spacial score (nSPS) is 12.2. The summed E-state index contributed by atoms with van der Waals surface area (Å²) < 4.78 is 0. The fourth-order valence-corrected chi connectivity index (χ4v) is 1.60. The van der Waals surface area contributed by atoms with Gasteiger partial charge in [-0.25, -0.2) is 0 Å². The zero-order valence-corrected chi connectivity index (χ0v) is 9.91. The van der Waals surface area contributed by atoms with E-state index in [0.29, 0.717) is 5.69 Å². The predicted molar refractivity (Wildman–Crippen MR) is 66.9 cm³/mol. The van der Waals surface area contributed by atoms with Gasteiger partial charge >= 0.3 is 0 Å². The van der Waals surface area contributed by atoms with Gasteiger partial charge in [-0.2, -0.15) is 0 Å². The number of aliphatic hydroxyl groups is 1. The lowest BCUT2D eigenvalue weighted by molar-refractivity contribution is 0.215. The van der Waals surface area contributed by atoms with Gasteiger partial charge in [0.25, 0.3) is 0 Å². The zero-order valence-electron chi connectivity index (χ0n) is 9.91. The van der Waals surface area contributed by atoms with E-state index in [4.69, 9.17) is 0 Å². The lowest BCUT2D eigenvalue weighted by Crippen LogP contribution is -2.10. The molecule has 1 heterocycles. The Morgan fingerprint density at radius 1 is 1.24 bits per heavy atom. The molecule has 1 unspecified atom stereocenters. The minimum atomic E-state index is -0.733. The van der Waals surface area contributed by atoms with Crippen LogP contribution in [-0.2, 0) is 0 Å². The molecule has 2 rings (SSSR count). The summed E-state index contributed by atoms with van der Waals surface area (Å²) in [6, 6.07) is 7.74. The molecule has 88 valence electrons. The Morgan fingerprint density at radius 3 is 2.71 bits per heavy atom. The Balaban J connectivity index is 2.31. The fraction of sp³-hybridized carbons (Fsp3) is 0.231. The van der Waals surface area contributed by atoms with Gasteiger partial charge < -0.3 is 10.0 Å². The highest BCUT2D eigenvalue weighted by molar-refractivity contribution is 5.48. The minimum Gasteiger partial charge on any atom is -0.382 e. The van der Waals surface area contributed by atoms with Crippen LogP contribution in [0.3, 0.4) is 0 Å². The van der Waals surface area contributed by atoms with Crippen LogP contribution in [0.25, 0.3) is 0 Å². The second-order valence-electron chi connectivity index (χ2n) is 4.02. The van der Waals surface area contributed by atoms with E-state index in [-0.39, 0.29) is 0 Å². The highest BCUT2D eigenvalue weighted by Gasteiger charge is 2.12. The molecule has 0 aliphatic heterocycles. The Labute approximate surface area is 101 Å². The summed E-state index contributed by atoms with van der Waals surface area (Å²) in [6.45, 7) is 0. The van der Waals surface area contributed by atoms with E-state index in [2.05, 4.69) is 9.97 Å². The van der Waals surface area contributed by atoms with Gasteiger partial charge in [0.2, 0.25) is 0 Å². The number of aromatic nitrogens is 2. The van der Waals surface area contributed by atoms with Gasteiger partial charge in [0, 0.05) is 32.2 Å². The first kappa shape index (κ1) is 11.5. The lowest BCUT2D eigenvalue weighted by atomic mass is 10.1. The maximum atomic E-state index is 10.2. The van der Waals surface area contributed by atoms with Gasteiger partial charge in [-0.1, -0.05) is 12.1 Å². The van der Waals surface area contributed by atoms with E-state index < -0.39 is 6.10 Å². The molecule has 1 aromatic carbocycles. The largest absolute Gasteiger partial charge is 0.382 e. The standard InChI is InChI=1S/C13H15N3O/c1-16(2)11-5-3-4-10(8-11)13(17)12-9-14-6-7-15-12/h3-9,13,17H,1-2H3. The molecule has 0 spiro atoms.